The maximum Gasteiger partial charge on any atom is 0.229 e. The topological polar surface area (TPSA) is 42.0 Å². The van der Waals surface area contributed by atoms with E-state index in [9.17, 15) is 4.79 Å². The van der Waals surface area contributed by atoms with Crippen molar-refractivity contribution in [3.63, 3.8) is 0 Å². The highest BCUT2D eigenvalue weighted by Gasteiger charge is 2.13. The van der Waals surface area contributed by atoms with Crippen molar-refractivity contribution in [2.45, 2.75) is 38.0 Å². The van der Waals surface area contributed by atoms with Crippen molar-refractivity contribution >= 4 is 34.7 Å². The summed E-state index contributed by atoms with van der Waals surface area (Å²) in [6.07, 6.45) is 3.30. The molecule has 112 valence electrons. The van der Waals surface area contributed by atoms with Crippen LogP contribution in [0.4, 0.5) is 5.69 Å². The summed E-state index contributed by atoms with van der Waals surface area (Å²) >= 11 is 3.22. The van der Waals surface area contributed by atoms with Gasteiger partial charge in [-0.1, -0.05) is 36.9 Å². The molecule has 1 N–H and O–H groups in total. The van der Waals surface area contributed by atoms with Gasteiger partial charge >= 0.3 is 0 Å². The Hall–Kier alpha value is -1.33. The first-order valence-electron chi connectivity index (χ1n) is 6.93. The number of hydrogen-bond acceptors (Lipinski definition) is 4. The van der Waals surface area contributed by atoms with Gasteiger partial charge in [-0.15, -0.1) is 11.3 Å². The number of benzene rings is 1. The number of amides is 1. The van der Waals surface area contributed by atoms with Gasteiger partial charge in [0.15, 0.2) is 0 Å². The van der Waals surface area contributed by atoms with E-state index in [0.29, 0.717) is 6.42 Å². The average Bonchev–Trinajstić information content (AvgIpc) is 2.81. The number of rotatable bonds is 5. The summed E-state index contributed by atoms with van der Waals surface area (Å²) in [7, 11) is 0. The molecule has 0 spiro atoms. The van der Waals surface area contributed by atoms with Crippen LogP contribution in [-0.4, -0.2) is 17.1 Å². The highest BCUT2D eigenvalue weighted by molar-refractivity contribution is 8.00. The molecule has 0 saturated heterocycles. The highest BCUT2D eigenvalue weighted by atomic mass is 32.2. The molecule has 5 heteroatoms. The number of anilines is 1. The Kier molecular flexibility index (Phi) is 5.42. The molecule has 0 aliphatic carbocycles. The van der Waals surface area contributed by atoms with E-state index in [0.717, 1.165) is 32.6 Å². The van der Waals surface area contributed by atoms with Crippen LogP contribution in [-0.2, 0) is 17.6 Å². The van der Waals surface area contributed by atoms with Gasteiger partial charge < -0.3 is 5.32 Å². The number of carbonyl (C=O) groups excluding carboxylic acids is 1. The van der Waals surface area contributed by atoms with Gasteiger partial charge in [0.05, 0.1) is 12.1 Å². The monoisotopic (exact) mass is 320 g/mol. The number of aryl methyl sites for hydroxylation is 3. The predicted molar refractivity (Wildman–Crippen MR) is 91.5 cm³/mol. The quantitative estimate of drug-likeness (QED) is 0.839. The van der Waals surface area contributed by atoms with E-state index in [1.807, 2.05) is 32.2 Å². The molecule has 0 aliphatic rings. The minimum Gasteiger partial charge on any atom is -0.325 e. The number of nitrogens with one attached hydrogen (secondary N) is 1. The van der Waals surface area contributed by atoms with Gasteiger partial charge in [-0.25, -0.2) is 4.98 Å². The van der Waals surface area contributed by atoms with E-state index >= 15 is 0 Å². The van der Waals surface area contributed by atoms with Crippen LogP contribution in [0, 0.1) is 13.8 Å². The molecule has 2 rings (SSSR count). The van der Waals surface area contributed by atoms with Crippen molar-refractivity contribution in [2.75, 3.05) is 11.6 Å². The van der Waals surface area contributed by atoms with Crippen LogP contribution in [0.15, 0.2) is 22.5 Å². The van der Waals surface area contributed by atoms with Crippen molar-refractivity contribution in [3.05, 3.63) is 39.9 Å². The van der Waals surface area contributed by atoms with Gasteiger partial charge in [-0.2, -0.15) is 0 Å². The van der Waals surface area contributed by atoms with E-state index in [1.54, 1.807) is 23.1 Å². The molecule has 0 radical (unpaired) electrons. The number of nitrogens with zero attached hydrogens (tertiary/aromatic N) is 1. The minimum absolute atomic E-state index is 0.0263. The second-order valence-electron chi connectivity index (χ2n) is 4.88. The normalized spacial score (nSPS) is 10.7. The van der Waals surface area contributed by atoms with Crippen molar-refractivity contribution < 1.29 is 4.79 Å². The Morgan fingerprint density at radius 3 is 2.76 bits per heavy atom. The van der Waals surface area contributed by atoms with Crippen LogP contribution in [0.5, 0.6) is 0 Å². The first-order chi connectivity index (χ1) is 10.0. The van der Waals surface area contributed by atoms with Crippen molar-refractivity contribution in [1.82, 2.24) is 4.98 Å². The summed E-state index contributed by atoms with van der Waals surface area (Å²) < 4.78 is 1.01. The first kappa shape index (κ1) is 16.0. The van der Waals surface area contributed by atoms with Gasteiger partial charge in [0.2, 0.25) is 5.91 Å². The molecule has 1 amide bonds. The zero-order valence-electron chi connectivity index (χ0n) is 12.8. The summed E-state index contributed by atoms with van der Waals surface area (Å²) in [5.74, 6) is 0.0263. The molecule has 1 heterocycles. The first-order valence-corrected chi connectivity index (χ1v) is 8.97. The van der Waals surface area contributed by atoms with Gasteiger partial charge in [0, 0.05) is 10.6 Å². The van der Waals surface area contributed by atoms with E-state index in [4.69, 9.17) is 0 Å². The van der Waals surface area contributed by atoms with Crippen molar-refractivity contribution in [2.24, 2.45) is 0 Å². The average molecular weight is 320 g/mol. The van der Waals surface area contributed by atoms with E-state index in [1.165, 1.54) is 5.56 Å². The molecule has 0 fully saturated rings. The zero-order chi connectivity index (χ0) is 15.4. The molecule has 3 nitrogen and oxygen atoms in total. The predicted octanol–water partition coefficient (Wildman–Crippen LogP) is 4.23. The number of aromatic nitrogens is 1. The molecule has 0 unspecified atom stereocenters. The van der Waals surface area contributed by atoms with Gasteiger partial charge in [-0.3, -0.25) is 4.79 Å². The summed E-state index contributed by atoms with van der Waals surface area (Å²) in [5.41, 5.74) is 4.19. The van der Waals surface area contributed by atoms with Crippen molar-refractivity contribution in [1.29, 1.82) is 0 Å². The summed E-state index contributed by atoms with van der Waals surface area (Å²) in [6.45, 7) is 6.09. The van der Waals surface area contributed by atoms with Crippen LogP contribution in [0.3, 0.4) is 0 Å². The van der Waals surface area contributed by atoms with Crippen LogP contribution < -0.4 is 5.32 Å². The Morgan fingerprint density at radius 1 is 1.38 bits per heavy atom. The second kappa shape index (κ2) is 7.09. The summed E-state index contributed by atoms with van der Waals surface area (Å²) in [6, 6.07) is 6.12. The van der Waals surface area contributed by atoms with E-state index in [-0.39, 0.29) is 5.91 Å². The Balaban J connectivity index is 2.13. The third kappa shape index (κ3) is 3.86. The Labute approximate surface area is 134 Å². The molecule has 2 aromatic rings. The van der Waals surface area contributed by atoms with Crippen LogP contribution in [0.1, 0.15) is 28.6 Å². The standard InChI is InChI=1S/C16H20N2OS2/c1-5-12-8-6-7-10(2)15(12)18-14(19)9-13-11(3)17-16(20-4)21-13/h6-8H,5,9H2,1-4H3,(H,18,19). The Bertz CT molecular complexity index is 650. The number of carbonyl (C=O) groups is 1. The minimum atomic E-state index is 0.0263. The van der Waals surface area contributed by atoms with Gasteiger partial charge in [0.25, 0.3) is 0 Å². The van der Waals surface area contributed by atoms with Gasteiger partial charge in [0.1, 0.15) is 4.34 Å². The molecule has 1 aromatic carbocycles. The lowest BCUT2D eigenvalue weighted by Crippen LogP contribution is -2.16. The fourth-order valence-electron chi connectivity index (χ4n) is 2.18. The summed E-state index contributed by atoms with van der Waals surface area (Å²) in [5, 5.41) is 3.07. The van der Waals surface area contributed by atoms with Crippen LogP contribution in [0.25, 0.3) is 0 Å². The second-order valence-corrected chi connectivity index (χ2v) is 7.02. The van der Waals surface area contributed by atoms with Gasteiger partial charge in [-0.05, 0) is 37.7 Å². The largest absolute Gasteiger partial charge is 0.325 e. The molecule has 1 aromatic heterocycles. The highest BCUT2D eigenvalue weighted by Crippen LogP contribution is 2.26. The van der Waals surface area contributed by atoms with Crippen LogP contribution in [0.2, 0.25) is 0 Å². The number of hydrogen-bond donors (Lipinski definition) is 1. The molecule has 0 saturated carbocycles. The lowest BCUT2D eigenvalue weighted by atomic mass is 10.1. The third-order valence-electron chi connectivity index (χ3n) is 3.37. The third-order valence-corrected chi connectivity index (χ3v) is 5.52. The number of thiazole rings is 1. The molecule has 0 bridgehead atoms. The Morgan fingerprint density at radius 2 is 2.14 bits per heavy atom. The number of para-hydroxylation sites is 1. The lowest BCUT2D eigenvalue weighted by molar-refractivity contribution is -0.115. The summed E-state index contributed by atoms with van der Waals surface area (Å²) in [4.78, 5) is 17.8. The molecular formula is C16H20N2OS2. The van der Waals surface area contributed by atoms with E-state index < -0.39 is 0 Å². The molecule has 21 heavy (non-hydrogen) atoms. The molecule has 0 aliphatic heterocycles. The smallest absolute Gasteiger partial charge is 0.229 e. The zero-order valence-corrected chi connectivity index (χ0v) is 14.5. The maximum absolute atomic E-state index is 12.3. The SMILES string of the molecule is CCc1cccc(C)c1NC(=O)Cc1sc(SC)nc1C. The molecular weight excluding hydrogens is 300 g/mol. The van der Waals surface area contributed by atoms with E-state index in [2.05, 4.69) is 23.3 Å². The fourth-order valence-corrected chi connectivity index (χ4v) is 3.84. The lowest BCUT2D eigenvalue weighted by Gasteiger charge is -2.12. The van der Waals surface area contributed by atoms with Crippen molar-refractivity contribution in [3.8, 4) is 0 Å². The molecule has 0 atom stereocenters. The maximum atomic E-state index is 12.3. The van der Waals surface area contributed by atoms with Crippen LogP contribution >= 0.6 is 23.1 Å². The fraction of sp³-hybridized carbons (Fsp3) is 0.375. The number of thioether (sulfide) groups is 1.